The molecule has 0 unspecified atom stereocenters. The molecule has 1 aromatic carbocycles. The Morgan fingerprint density at radius 1 is 1.47 bits per heavy atom. The van der Waals surface area contributed by atoms with E-state index in [0.29, 0.717) is 6.54 Å². The minimum Gasteiger partial charge on any atom is -0.378 e. The molecule has 19 heavy (non-hydrogen) atoms. The Morgan fingerprint density at radius 2 is 2.11 bits per heavy atom. The first-order valence-corrected chi connectivity index (χ1v) is 6.78. The minimum absolute atomic E-state index is 0.0575. The molecule has 0 amide bonds. The van der Waals surface area contributed by atoms with Gasteiger partial charge in [0.25, 0.3) is 5.69 Å². The van der Waals surface area contributed by atoms with E-state index in [1.165, 1.54) is 6.07 Å². The van der Waals surface area contributed by atoms with Crippen LogP contribution in [0.2, 0.25) is 5.02 Å². The average molecular weight is 284 g/mol. The number of aryl methyl sites for hydroxylation is 1. The number of rotatable bonds is 4. The van der Waals surface area contributed by atoms with Crippen LogP contribution in [0.4, 0.5) is 11.4 Å². The monoisotopic (exact) mass is 283 g/mol. The zero-order chi connectivity index (χ0) is 14.0. The van der Waals surface area contributed by atoms with E-state index in [0.717, 1.165) is 36.9 Å². The molecule has 0 aromatic heterocycles. The highest BCUT2D eigenvalue weighted by Crippen LogP contribution is 2.36. The molecule has 0 spiro atoms. The van der Waals surface area contributed by atoms with E-state index < -0.39 is 4.92 Å². The third-order valence-corrected chi connectivity index (χ3v) is 4.14. The predicted octanol–water partition coefficient (Wildman–Crippen LogP) is 3.24. The lowest BCUT2D eigenvalue weighted by molar-refractivity contribution is -0.384. The van der Waals surface area contributed by atoms with Crippen LogP contribution < -0.4 is 11.1 Å². The molecular formula is C13H18ClN3O2. The summed E-state index contributed by atoms with van der Waals surface area (Å²) in [5, 5.41) is 14.4. The molecule has 1 aliphatic rings. The van der Waals surface area contributed by atoms with Crippen molar-refractivity contribution in [2.75, 3.05) is 11.9 Å². The van der Waals surface area contributed by atoms with Gasteiger partial charge in [-0.3, -0.25) is 10.1 Å². The van der Waals surface area contributed by atoms with Gasteiger partial charge in [0.2, 0.25) is 0 Å². The molecule has 6 heteroatoms. The topological polar surface area (TPSA) is 81.2 Å². The van der Waals surface area contributed by atoms with Crippen molar-refractivity contribution in [2.24, 2.45) is 5.73 Å². The van der Waals surface area contributed by atoms with Gasteiger partial charge in [0.1, 0.15) is 5.02 Å². The highest BCUT2D eigenvalue weighted by molar-refractivity contribution is 6.33. The van der Waals surface area contributed by atoms with Crippen molar-refractivity contribution in [1.29, 1.82) is 0 Å². The fraction of sp³-hybridized carbons (Fsp3) is 0.538. The summed E-state index contributed by atoms with van der Waals surface area (Å²) in [5.41, 5.74) is 7.38. The van der Waals surface area contributed by atoms with Crippen LogP contribution in [0.25, 0.3) is 0 Å². The normalized spacial score (nSPS) is 17.4. The number of halogens is 1. The zero-order valence-corrected chi connectivity index (χ0v) is 11.7. The van der Waals surface area contributed by atoms with Crippen molar-refractivity contribution in [3.63, 3.8) is 0 Å². The molecule has 1 aromatic rings. The highest BCUT2D eigenvalue weighted by Gasteiger charge is 2.32. The standard InChI is InChI=1S/C13H18ClN3O2/c1-9-6-12(17(18)19)10(14)7-11(9)16-13(8-15)4-2-3-5-13/h6-7,16H,2-5,8,15H2,1H3. The number of nitrogens with two attached hydrogens (primary N) is 1. The molecule has 0 bridgehead atoms. The quantitative estimate of drug-likeness (QED) is 0.656. The molecule has 0 atom stereocenters. The van der Waals surface area contributed by atoms with Crippen LogP contribution in [0, 0.1) is 17.0 Å². The summed E-state index contributed by atoms with van der Waals surface area (Å²) in [7, 11) is 0. The molecule has 2 rings (SSSR count). The number of nitrogens with zero attached hydrogens (tertiary/aromatic N) is 1. The molecule has 5 nitrogen and oxygen atoms in total. The SMILES string of the molecule is Cc1cc([N+](=O)[O-])c(Cl)cc1NC1(CN)CCCC1. The summed E-state index contributed by atoms with van der Waals surface area (Å²) in [4.78, 5) is 10.4. The summed E-state index contributed by atoms with van der Waals surface area (Å²) in [6, 6.07) is 3.13. The Bertz CT molecular complexity index is 499. The van der Waals surface area contributed by atoms with Crippen molar-refractivity contribution < 1.29 is 4.92 Å². The van der Waals surface area contributed by atoms with E-state index in [-0.39, 0.29) is 16.2 Å². The molecular weight excluding hydrogens is 266 g/mol. The summed E-state index contributed by atoms with van der Waals surface area (Å²) in [6.07, 6.45) is 4.36. The van der Waals surface area contributed by atoms with Crippen LogP contribution >= 0.6 is 11.6 Å². The van der Waals surface area contributed by atoms with Crippen LogP contribution in [-0.2, 0) is 0 Å². The maximum absolute atomic E-state index is 10.8. The molecule has 3 N–H and O–H groups in total. The Morgan fingerprint density at radius 3 is 2.63 bits per heavy atom. The van der Waals surface area contributed by atoms with Gasteiger partial charge >= 0.3 is 0 Å². The number of anilines is 1. The van der Waals surface area contributed by atoms with Gasteiger partial charge in [0.15, 0.2) is 0 Å². The highest BCUT2D eigenvalue weighted by atomic mass is 35.5. The Kier molecular flexibility index (Phi) is 3.96. The van der Waals surface area contributed by atoms with Gasteiger partial charge in [-0.25, -0.2) is 0 Å². The predicted molar refractivity (Wildman–Crippen MR) is 76.7 cm³/mol. The second kappa shape index (κ2) is 5.35. The first-order chi connectivity index (χ1) is 8.97. The van der Waals surface area contributed by atoms with Gasteiger partial charge in [0, 0.05) is 23.8 Å². The molecule has 0 heterocycles. The second-order valence-corrected chi connectivity index (χ2v) is 5.60. The maximum atomic E-state index is 10.8. The molecule has 104 valence electrons. The first-order valence-electron chi connectivity index (χ1n) is 6.40. The van der Waals surface area contributed by atoms with Crippen molar-refractivity contribution in [1.82, 2.24) is 0 Å². The van der Waals surface area contributed by atoms with Gasteiger partial charge in [-0.15, -0.1) is 0 Å². The zero-order valence-electron chi connectivity index (χ0n) is 10.9. The molecule has 0 aliphatic heterocycles. The smallest absolute Gasteiger partial charge is 0.288 e. The molecule has 0 saturated heterocycles. The Balaban J connectivity index is 2.30. The largest absolute Gasteiger partial charge is 0.378 e. The third kappa shape index (κ3) is 2.82. The Hall–Kier alpha value is -1.33. The lowest BCUT2D eigenvalue weighted by Crippen LogP contribution is -2.42. The summed E-state index contributed by atoms with van der Waals surface area (Å²) < 4.78 is 0. The van der Waals surface area contributed by atoms with Crippen molar-refractivity contribution in [2.45, 2.75) is 38.1 Å². The number of benzene rings is 1. The van der Waals surface area contributed by atoms with Crippen LogP contribution in [0.5, 0.6) is 0 Å². The molecule has 0 radical (unpaired) electrons. The number of nitro groups is 1. The molecule has 1 aliphatic carbocycles. The fourth-order valence-electron chi connectivity index (χ4n) is 2.66. The van der Waals surface area contributed by atoms with Gasteiger partial charge in [-0.2, -0.15) is 0 Å². The van der Waals surface area contributed by atoms with E-state index in [1.807, 2.05) is 6.92 Å². The number of hydrogen-bond acceptors (Lipinski definition) is 4. The van der Waals surface area contributed by atoms with Crippen LogP contribution in [0.15, 0.2) is 12.1 Å². The van der Waals surface area contributed by atoms with Gasteiger partial charge in [0.05, 0.1) is 4.92 Å². The van der Waals surface area contributed by atoms with E-state index >= 15 is 0 Å². The average Bonchev–Trinajstić information content (AvgIpc) is 2.82. The number of hydrogen-bond donors (Lipinski definition) is 2. The minimum atomic E-state index is -0.465. The van der Waals surface area contributed by atoms with E-state index in [2.05, 4.69) is 5.32 Å². The van der Waals surface area contributed by atoms with Crippen molar-refractivity contribution in [3.05, 3.63) is 32.8 Å². The number of nitrogens with one attached hydrogen (secondary N) is 1. The van der Waals surface area contributed by atoms with Gasteiger partial charge in [-0.05, 0) is 31.4 Å². The first kappa shape index (κ1) is 14.1. The van der Waals surface area contributed by atoms with Crippen molar-refractivity contribution in [3.8, 4) is 0 Å². The number of nitro benzene ring substituents is 1. The van der Waals surface area contributed by atoms with E-state index in [1.54, 1.807) is 6.07 Å². The Labute approximate surface area is 117 Å². The fourth-order valence-corrected chi connectivity index (χ4v) is 2.89. The van der Waals surface area contributed by atoms with Crippen LogP contribution in [0.1, 0.15) is 31.2 Å². The van der Waals surface area contributed by atoms with Crippen LogP contribution in [0.3, 0.4) is 0 Å². The summed E-state index contributed by atoms with van der Waals surface area (Å²) in [5.74, 6) is 0. The van der Waals surface area contributed by atoms with Crippen LogP contribution in [-0.4, -0.2) is 17.0 Å². The summed E-state index contributed by atoms with van der Waals surface area (Å²) in [6.45, 7) is 2.39. The molecule has 1 saturated carbocycles. The lowest BCUT2D eigenvalue weighted by Gasteiger charge is -2.30. The van der Waals surface area contributed by atoms with Crippen molar-refractivity contribution >= 4 is 23.0 Å². The maximum Gasteiger partial charge on any atom is 0.288 e. The summed E-state index contributed by atoms with van der Waals surface area (Å²) >= 11 is 5.96. The third-order valence-electron chi connectivity index (χ3n) is 3.84. The van der Waals surface area contributed by atoms with E-state index in [9.17, 15) is 10.1 Å². The van der Waals surface area contributed by atoms with Gasteiger partial charge < -0.3 is 11.1 Å². The van der Waals surface area contributed by atoms with Gasteiger partial charge in [-0.1, -0.05) is 24.4 Å². The lowest BCUT2D eigenvalue weighted by atomic mass is 9.96. The van der Waals surface area contributed by atoms with E-state index in [4.69, 9.17) is 17.3 Å². The second-order valence-electron chi connectivity index (χ2n) is 5.19. The molecule has 1 fully saturated rings.